The first-order valence-corrected chi connectivity index (χ1v) is 6.29. The molecule has 1 aromatic heterocycles. The molecule has 0 radical (unpaired) electrons. The third-order valence-corrected chi connectivity index (χ3v) is 2.65. The minimum Gasteiger partial charge on any atom is -0.462 e. The summed E-state index contributed by atoms with van der Waals surface area (Å²) in [6, 6.07) is 10.1. The predicted octanol–water partition coefficient (Wildman–Crippen LogP) is 3.37. The lowest BCUT2D eigenvalue weighted by Gasteiger charge is -2.03. The summed E-state index contributed by atoms with van der Waals surface area (Å²) in [6.07, 6.45) is 2.07. The zero-order chi connectivity index (χ0) is 15.2. The first-order chi connectivity index (χ1) is 10.1. The molecule has 0 saturated heterocycles. The number of ether oxygens (including phenoxy) is 1. The van der Waals surface area contributed by atoms with E-state index in [4.69, 9.17) is 9.15 Å². The summed E-state index contributed by atoms with van der Waals surface area (Å²) in [7, 11) is 0. The van der Waals surface area contributed by atoms with Gasteiger partial charge in [-0.05, 0) is 31.2 Å². The number of esters is 1. The predicted molar refractivity (Wildman–Crippen MR) is 76.1 cm³/mol. The van der Waals surface area contributed by atoms with Gasteiger partial charge in [0.05, 0.1) is 23.2 Å². The standard InChI is InChI=1S/C15H13NO5/c1-2-20-15(17)12-5-3-4-11(10-12)14-7-6-13(21-14)8-9-16(18)19/h3-10H,2H2,1H3/b9-8+. The number of benzene rings is 1. The van der Waals surface area contributed by atoms with Gasteiger partial charge in [-0.2, -0.15) is 0 Å². The van der Waals surface area contributed by atoms with Crippen LogP contribution in [0.4, 0.5) is 0 Å². The number of carbonyl (C=O) groups excluding carboxylic acids is 1. The molecule has 108 valence electrons. The third-order valence-electron chi connectivity index (χ3n) is 2.65. The van der Waals surface area contributed by atoms with Crippen LogP contribution in [0.1, 0.15) is 23.0 Å². The Labute approximate surface area is 120 Å². The molecular formula is C15H13NO5. The number of nitro groups is 1. The number of carbonyl (C=O) groups is 1. The third kappa shape index (κ3) is 3.79. The van der Waals surface area contributed by atoms with Gasteiger partial charge in [-0.25, -0.2) is 4.79 Å². The Morgan fingerprint density at radius 2 is 2.19 bits per heavy atom. The Kier molecular flexibility index (Phi) is 4.50. The van der Waals surface area contributed by atoms with Crippen LogP contribution in [0.3, 0.4) is 0 Å². The van der Waals surface area contributed by atoms with Gasteiger partial charge in [0, 0.05) is 5.56 Å². The van der Waals surface area contributed by atoms with Crippen molar-refractivity contribution < 1.29 is 18.9 Å². The lowest BCUT2D eigenvalue weighted by molar-refractivity contribution is -0.401. The first-order valence-electron chi connectivity index (χ1n) is 6.29. The van der Waals surface area contributed by atoms with Gasteiger partial charge in [0.25, 0.3) is 0 Å². The average molecular weight is 287 g/mol. The summed E-state index contributed by atoms with van der Waals surface area (Å²) in [4.78, 5) is 21.4. The number of nitrogens with zero attached hydrogens (tertiary/aromatic N) is 1. The maximum absolute atomic E-state index is 11.7. The lowest BCUT2D eigenvalue weighted by atomic mass is 10.1. The Morgan fingerprint density at radius 3 is 2.90 bits per heavy atom. The van der Waals surface area contributed by atoms with Gasteiger partial charge in [-0.1, -0.05) is 12.1 Å². The molecule has 0 atom stereocenters. The summed E-state index contributed by atoms with van der Waals surface area (Å²) >= 11 is 0. The van der Waals surface area contributed by atoms with Gasteiger partial charge in [-0.15, -0.1) is 0 Å². The lowest BCUT2D eigenvalue weighted by Crippen LogP contribution is -2.04. The monoisotopic (exact) mass is 287 g/mol. The molecule has 0 amide bonds. The van der Waals surface area contributed by atoms with Crippen molar-refractivity contribution in [3.8, 4) is 11.3 Å². The molecule has 6 nitrogen and oxygen atoms in total. The molecule has 2 aromatic rings. The van der Waals surface area contributed by atoms with Gasteiger partial charge in [0.15, 0.2) is 0 Å². The molecular weight excluding hydrogens is 274 g/mol. The highest BCUT2D eigenvalue weighted by molar-refractivity contribution is 5.90. The second-order valence-corrected chi connectivity index (χ2v) is 4.10. The van der Waals surface area contributed by atoms with E-state index < -0.39 is 10.9 Å². The van der Waals surface area contributed by atoms with Gasteiger partial charge in [-0.3, -0.25) is 10.1 Å². The van der Waals surface area contributed by atoms with E-state index >= 15 is 0 Å². The molecule has 0 N–H and O–H groups in total. The van der Waals surface area contributed by atoms with Crippen LogP contribution in [-0.4, -0.2) is 17.5 Å². The molecule has 0 aliphatic heterocycles. The van der Waals surface area contributed by atoms with E-state index in [1.807, 2.05) is 0 Å². The molecule has 6 heteroatoms. The number of hydrogen-bond donors (Lipinski definition) is 0. The Bertz CT molecular complexity index is 687. The van der Waals surface area contributed by atoms with Gasteiger partial charge in [0.1, 0.15) is 11.5 Å². The van der Waals surface area contributed by atoms with E-state index in [1.165, 1.54) is 6.08 Å². The molecule has 0 aliphatic carbocycles. The van der Waals surface area contributed by atoms with Gasteiger partial charge < -0.3 is 9.15 Å². The summed E-state index contributed by atoms with van der Waals surface area (Å²) in [5.74, 6) is 0.478. The van der Waals surface area contributed by atoms with Gasteiger partial charge in [0.2, 0.25) is 6.20 Å². The van der Waals surface area contributed by atoms with Crippen molar-refractivity contribution in [1.29, 1.82) is 0 Å². The van der Waals surface area contributed by atoms with Crippen LogP contribution >= 0.6 is 0 Å². The molecule has 1 aromatic carbocycles. The molecule has 0 aliphatic rings. The highest BCUT2D eigenvalue weighted by Gasteiger charge is 2.09. The van der Waals surface area contributed by atoms with Crippen LogP contribution in [0, 0.1) is 10.1 Å². The van der Waals surface area contributed by atoms with Crippen molar-refractivity contribution in [2.24, 2.45) is 0 Å². The van der Waals surface area contributed by atoms with E-state index in [0.717, 1.165) is 6.20 Å². The highest BCUT2D eigenvalue weighted by atomic mass is 16.6. The fraction of sp³-hybridized carbons (Fsp3) is 0.133. The summed E-state index contributed by atoms with van der Waals surface area (Å²) in [5.41, 5.74) is 1.12. The van der Waals surface area contributed by atoms with Crippen molar-refractivity contribution in [2.75, 3.05) is 6.61 Å². The second-order valence-electron chi connectivity index (χ2n) is 4.10. The molecule has 0 fully saturated rings. The molecule has 0 saturated carbocycles. The fourth-order valence-corrected chi connectivity index (χ4v) is 1.75. The smallest absolute Gasteiger partial charge is 0.338 e. The maximum Gasteiger partial charge on any atom is 0.338 e. The van der Waals surface area contributed by atoms with Crippen LogP contribution in [0.25, 0.3) is 17.4 Å². The molecule has 0 spiro atoms. The summed E-state index contributed by atoms with van der Waals surface area (Å²) < 4.78 is 10.4. The largest absolute Gasteiger partial charge is 0.462 e. The average Bonchev–Trinajstić information content (AvgIpc) is 2.94. The van der Waals surface area contributed by atoms with E-state index in [0.29, 0.717) is 29.3 Å². The molecule has 0 unspecified atom stereocenters. The van der Waals surface area contributed by atoms with Crippen LogP contribution in [0.15, 0.2) is 47.0 Å². The van der Waals surface area contributed by atoms with Crippen molar-refractivity contribution in [2.45, 2.75) is 6.92 Å². The molecule has 2 rings (SSSR count). The van der Waals surface area contributed by atoms with Crippen molar-refractivity contribution in [3.63, 3.8) is 0 Å². The van der Waals surface area contributed by atoms with Crippen molar-refractivity contribution in [1.82, 2.24) is 0 Å². The topological polar surface area (TPSA) is 82.6 Å². The van der Waals surface area contributed by atoms with E-state index in [1.54, 1.807) is 43.3 Å². The van der Waals surface area contributed by atoms with Crippen LogP contribution in [-0.2, 0) is 4.74 Å². The number of rotatable bonds is 5. The first kappa shape index (κ1) is 14.5. The van der Waals surface area contributed by atoms with Crippen LogP contribution < -0.4 is 0 Å². The van der Waals surface area contributed by atoms with Crippen molar-refractivity contribution >= 4 is 12.0 Å². The SMILES string of the molecule is CCOC(=O)c1cccc(-c2ccc(/C=C/[N+](=O)[O-])o2)c1. The van der Waals surface area contributed by atoms with E-state index in [-0.39, 0.29) is 0 Å². The normalized spacial score (nSPS) is 10.7. The fourth-order valence-electron chi connectivity index (χ4n) is 1.75. The minimum atomic E-state index is -0.566. The second kappa shape index (κ2) is 6.51. The molecule has 1 heterocycles. The van der Waals surface area contributed by atoms with E-state index in [9.17, 15) is 14.9 Å². The Balaban J connectivity index is 2.24. The highest BCUT2D eigenvalue weighted by Crippen LogP contribution is 2.24. The van der Waals surface area contributed by atoms with Crippen LogP contribution in [0.5, 0.6) is 0 Å². The zero-order valence-electron chi connectivity index (χ0n) is 11.3. The maximum atomic E-state index is 11.7. The summed E-state index contributed by atoms with van der Waals surface area (Å²) in [6.45, 7) is 2.04. The van der Waals surface area contributed by atoms with E-state index in [2.05, 4.69) is 0 Å². The Hall–Kier alpha value is -2.89. The van der Waals surface area contributed by atoms with Crippen LogP contribution in [0.2, 0.25) is 0 Å². The summed E-state index contributed by atoms with van der Waals surface area (Å²) in [5, 5.41) is 10.3. The van der Waals surface area contributed by atoms with Crippen molar-refractivity contribution in [3.05, 3.63) is 64.0 Å². The molecule has 0 bridgehead atoms. The zero-order valence-corrected chi connectivity index (χ0v) is 11.3. The quantitative estimate of drug-likeness (QED) is 0.478. The minimum absolute atomic E-state index is 0.305. The number of furan rings is 1. The number of hydrogen-bond acceptors (Lipinski definition) is 5. The Morgan fingerprint density at radius 1 is 1.38 bits per heavy atom. The van der Waals surface area contributed by atoms with Gasteiger partial charge >= 0.3 is 5.97 Å². The molecule has 21 heavy (non-hydrogen) atoms.